The van der Waals surface area contributed by atoms with Gasteiger partial charge in [-0.3, -0.25) is 4.79 Å². The molecule has 0 fully saturated rings. The summed E-state index contributed by atoms with van der Waals surface area (Å²) in [4.78, 5) is 12.1. The monoisotopic (exact) mass is 376 g/mol. The van der Waals surface area contributed by atoms with Crippen molar-refractivity contribution in [1.29, 1.82) is 0 Å². The zero-order valence-corrected chi connectivity index (χ0v) is 13.8. The lowest BCUT2D eigenvalue weighted by molar-refractivity contribution is -0.119. The van der Waals surface area contributed by atoms with Crippen molar-refractivity contribution in [1.82, 2.24) is 0 Å². The summed E-state index contributed by atoms with van der Waals surface area (Å²) in [7, 11) is 0. The Balaban J connectivity index is 2.87. The number of hydrogen-bond donors (Lipinski definition) is 2. The zero-order valence-electron chi connectivity index (χ0n) is 10.6. The number of amides is 1. The van der Waals surface area contributed by atoms with Gasteiger partial charge >= 0.3 is 0 Å². The maximum Gasteiger partial charge on any atom is 0.228 e. The highest BCUT2D eigenvalue weighted by atomic mass is 79.9. The van der Waals surface area contributed by atoms with E-state index in [1.165, 1.54) is 0 Å². The molecule has 1 amide bonds. The summed E-state index contributed by atoms with van der Waals surface area (Å²) in [5, 5.41) is 2.93. The van der Waals surface area contributed by atoms with Gasteiger partial charge in [0.1, 0.15) is 0 Å². The first kappa shape index (κ1) is 15.7. The second-order valence-electron chi connectivity index (χ2n) is 4.31. The van der Waals surface area contributed by atoms with Gasteiger partial charge in [-0.25, -0.2) is 0 Å². The Kier molecular flexibility index (Phi) is 6.32. The van der Waals surface area contributed by atoms with E-state index in [0.717, 1.165) is 33.0 Å². The second-order valence-corrected chi connectivity index (χ2v) is 6.02. The van der Waals surface area contributed by atoms with E-state index in [4.69, 9.17) is 5.73 Å². The topological polar surface area (TPSA) is 55.1 Å². The van der Waals surface area contributed by atoms with Crippen LogP contribution in [0.3, 0.4) is 0 Å². The molecule has 1 aromatic rings. The fourth-order valence-electron chi connectivity index (χ4n) is 1.75. The van der Waals surface area contributed by atoms with Gasteiger partial charge in [0.15, 0.2) is 0 Å². The van der Waals surface area contributed by atoms with E-state index in [1.54, 1.807) is 0 Å². The fraction of sp³-hybridized carbons (Fsp3) is 0.462. The molecule has 0 heterocycles. The fourth-order valence-corrected chi connectivity index (χ4v) is 3.36. The maximum absolute atomic E-state index is 12.1. The molecule has 18 heavy (non-hydrogen) atoms. The number of carbonyl (C=O) groups is 1. The summed E-state index contributed by atoms with van der Waals surface area (Å²) in [6.45, 7) is 4.43. The molecule has 1 rings (SSSR count). The lowest BCUT2D eigenvalue weighted by Gasteiger charge is -2.16. The number of aryl methyl sites for hydroxylation is 1. The van der Waals surface area contributed by atoms with Crippen LogP contribution in [0.1, 0.15) is 25.3 Å². The highest BCUT2D eigenvalue weighted by Crippen LogP contribution is 2.32. The van der Waals surface area contributed by atoms with E-state index >= 15 is 0 Å². The number of nitrogens with two attached hydrogens (primary N) is 1. The summed E-state index contributed by atoms with van der Waals surface area (Å²) in [6.07, 6.45) is 1.76. The van der Waals surface area contributed by atoms with Crippen LogP contribution in [0.15, 0.2) is 21.1 Å². The second kappa shape index (κ2) is 7.26. The smallest absolute Gasteiger partial charge is 0.228 e. The van der Waals surface area contributed by atoms with E-state index in [9.17, 15) is 4.79 Å². The van der Waals surface area contributed by atoms with Crippen LogP contribution in [0.2, 0.25) is 0 Å². The summed E-state index contributed by atoms with van der Waals surface area (Å²) in [6, 6.07) is 3.94. The van der Waals surface area contributed by atoms with Gasteiger partial charge in [-0.2, -0.15) is 0 Å². The van der Waals surface area contributed by atoms with Gasteiger partial charge in [0.25, 0.3) is 0 Å². The summed E-state index contributed by atoms with van der Waals surface area (Å²) >= 11 is 6.92. The highest BCUT2D eigenvalue weighted by Gasteiger charge is 2.18. The molecule has 1 unspecified atom stereocenters. The molecular formula is C13H18Br2N2O. The summed E-state index contributed by atoms with van der Waals surface area (Å²) < 4.78 is 1.74. The van der Waals surface area contributed by atoms with E-state index in [-0.39, 0.29) is 11.8 Å². The molecule has 0 saturated heterocycles. The van der Waals surface area contributed by atoms with Crippen LogP contribution in [-0.2, 0) is 4.79 Å². The predicted molar refractivity (Wildman–Crippen MR) is 82.7 cm³/mol. The first-order valence-electron chi connectivity index (χ1n) is 5.96. The first-order valence-corrected chi connectivity index (χ1v) is 7.54. The molecule has 100 valence electrons. The van der Waals surface area contributed by atoms with Gasteiger partial charge in [0.2, 0.25) is 5.91 Å². The largest absolute Gasteiger partial charge is 0.330 e. The molecule has 5 heteroatoms. The van der Waals surface area contributed by atoms with E-state index in [0.29, 0.717) is 6.54 Å². The molecule has 0 bridgehead atoms. The highest BCUT2D eigenvalue weighted by molar-refractivity contribution is 9.11. The van der Waals surface area contributed by atoms with Gasteiger partial charge in [0.05, 0.1) is 11.6 Å². The van der Waals surface area contributed by atoms with Crippen LogP contribution in [0.25, 0.3) is 0 Å². The molecule has 0 spiro atoms. The van der Waals surface area contributed by atoms with Crippen LogP contribution in [0.4, 0.5) is 5.69 Å². The molecule has 0 aliphatic rings. The Morgan fingerprint density at radius 2 is 1.94 bits per heavy atom. The molecule has 1 atom stereocenters. The third-order valence-corrected chi connectivity index (χ3v) is 3.98. The molecule has 3 N–H and O–H groups in total. The average molecular weight is 378 g/mol. The Morgan fingerprint density at radius 1 is 1.39 bits per heavy atom. The van der Waals surface area contributed by atoms with Crippen LogP contribution in [-0.4, -0.2) is 12.5 Å². The van der Waals surface area contributed by atoms with Crippen molar-refractivity contribution in [3.05, 3.63) is 26.6 Å². The van der Waals surface area contributed by atoms with Crippen molar-refractivity contribution in [3.63, 3.8) is 0 Å². The minimum atomic E-state index is -0.130. The van der Waals surface area contributed by atoms with Crippen LogP contribution in [0.5, 0.6) is 0 Å². The number of halogens is 2. The zero-order chi connectivity index (χ0) is 13.7. The Bertz CT molecular complexity index is 412. The molecular weight excluding hydrogens is 360 g/mol. The lowest BCUT2D eigenvalue weighted by Crippen LogP contribution is -2.29. The van der Waals surface area contributed by atoms with Gasteiger partial charge < -0.3 is 11.1 Å². The average Bonchev–Trinajstić information content (AvgIpc) is 2.30. The van der Waals surface area contributed by atoms with Crippen LogP contribution in [0, 0.1) is 12.8 Å². The molecule has 3 nitrogen and oxygen atoms in total. The normalized spacial score (nSPS) is 12.3. The Labute approximate surface area is 125 Å². The maximum atomic E-state index is 12.1. The minimum absolute atomic E-state index is 0.0235. The SMILES string of the molecule is CCCC(CN)C(=O)Nc1c(Br)cc(C)cc1Br. The molecule has 1 aromatic carbocycles. The lowest BCUT2D eigenvalue weighted by atomic mass is 10.0. The molecule has 0 aromatic heterocycles. The van der Waals surface area contributed by atoms with E-state index in [2.05, 4.69) is 37.2 Å². The first-order chi connectivity index (χ1) is 8.49. The molecule has 0 radical (unpaired) electrons. The molecule has 0 aliphatic carbocycles. The predicted octanol–water partition coefficient (Wildman–Crippen LogP) is 3.83. The van der Waals surface area contributed by atoms with E-state index < -0.39 is 0 Å². The third kappa shape index (κ3) is 4.07. The third-order valence-electron chi connectivity index (χ3n) is 2.73. The number of rotatable bonds is 5. The Hall–Kier alpha value is -0.390. The van der Waals surface area contributed by atoms with Crippen LogP contribution < -0.4 is 11.1 Å². The number of hydrogen-bond acceptors (Lipinski definition) is 2. The van der Waals surface area contributed by atoms with Gasteiger partial charge in [0, 0.05) is 15.5 Å². The standard InChI is InChI=1S/C13H18Br2N2O/c1-3-4-9(7-16)13(18)17-12-10(14)5-8(2)6-11(12)15/h5-6,9H,3-4,7,16H2,1-2H3,(H,17,18). The molecule has 0 aliphatic heterocycles. The quantitative estimate of drug-likeness (QED) is 0.819. The summed E-state index contributed by atoms with van der Waals surface area (Å²) in [5.41, 5.74) is 7.51. The number of carbonyl (C=O) groups excluding carboxylic acids is 1. The minimum Gasteiger partial charge on any atom is -0.330 e. The van der Waals surface area contributed by atoms with Crippen molar-refractivity contribution in [2.45, 2.75) is 26.7 Å². The van der Waals surface area contributed by atoms with Crippen molar-refractivity contribution in [3.8, 4) is 0 Å². The summed E-state index contributed by atoms with van der Waals surface area (Å²) in [5.74, 6) is -0.153. The van der Waals surface area contributed by atoms with Crippen molar-refractivity contribution in [2.75, 3.05) is 11.9 Å². The molecule has 0 saturated carbocycles. The van der Waals surface area contributed by atoms with Crippen LogP contribution >= 0.6 is 31.9 Å². The van der Waals surface area contributed by atoms with Crippen molar-refractivity contribution >= 4 is 43.5 Å². The number of anilines is 1. The van der Waals surface area contributed by atoms with Gasteiger partial charge in [-0.15, -0.1) is 0 Å². The van der Waals surface area contributed by atoms with Gasteiger partial charge in [-0.05, 0) is 62.9 Å². The number of nitrogens with one attached hydrogen (secondary N) is 1. The van der Waals surface area contributed by atoms with Crippen molar-refractivity contribution < 1.29 is 4.79 Å². The Morgan fingerprint density at radius 3 is 2.39 bits per heavy atom. The van der Waals surface area contributed by atoms with Gasteiger partial charge in [-0.1, -0.05) is 13.3 Å². The van der Waals surface area contributed by atoms with Crippen molar-refractivity contribution in [2.24, 2.45) is 11.7 Å². The number of benzene rings is 1. The van der Waals surface area contributed by atoms with E-state index in [1.807, 2.05) is 26.0 Å².